The highest BCUT2D eigenvalue weighted by Gasteiger charge is 2.18. The van der Waals surface area contributed by atoms with Crippen LogP contribution in [0.4, 0.5) is 5.69 Å². The fourth-order valence-corrected chi connectivity index (χ4v) is 4.20. The molecule has 0 atom stereocenters. The van der Waals surface area contributed by atoms with E-state index in [2.05, 4.69) is 15.4 Å². The summed E-state index contributed by atoms with van der Waals surface area (Å²) in [6.07, 6.45) is 9.70. The number of benzene rings is 2. The smallest absolute Gasteiger partial charge is 0.248 e. The maximum absolute atomic E-state index is 13.0. The van der Waals surface area contributed by atoms with Crippen LogP contribution >= 0.6 is 0 Å². The van der Waals surface area contributed by atoms with Crippen LogP contribution in [0.5, 0.6) is 0 Å². The molecule has 0 bridgehead atoms. The van der Waals surface area contributed by atoms with E-state index in [0.717, 1.165) is 5.56 Å². The van der Waals surface area contributed by atoms with E-state index in [-0.39, 0.29) is 15.7 Å². The van der Waals surface area contributed by atoms with Crippen LogP contribution in [0.15, 0.2) is 107 Å². The van der Waals surface area contributed by atoms with Gasteiger partial charge in [0.1, 0.15) is 0 Å². The largest absolute Gasteiger partial charge is 0.323 e. The maximum atomic E-state index is 13.0. The zero-order chi connectivity index (χ0) is 21.7. The van der Waals surface area contributed by atoms with Crippen molar-refractivity contribution < 1.29 is 13.2 Å². The molecule has 8 heteroatoms. The number of nitrogens with zero attached hydrogens (tertiary/aromatic N) is 3. The van der Waals surface area contributed by atoms with Crippen LogP contribution in [-0.2, 0) is 14.6 Å². The molecule has 7 nitrogen and oxygen atoms in total. The van der Waals surface area contributed by atoms with Gasteiger partial charge < -0.3 is 5.32 Å². The third kappa shape index (κ3) is 4.76. The van der Waals surface area contributed by atoms with Crippen molar-refractivity contribution in [1.29, 1.82) is 0 Å². The number of carbonyl (C=O) groups is 1. The highest BCUT2D eigenvalue weighted by molar-refractivity contribution is 7.91. The van der Waals surface area contributed by atoms with Gasteiger partial charge in [-0.1, -0.05) is 12.1 Å². The molecular weight excluding hydrogens is 412 g/mol. The SMILES string of the molecule is O=C(C=Cc1cccnc1)Nc1ccc(S(=O)(=O)c2cccc(-n3cccn3)c2)cc1. The van der Waals surface area contributed by atoms with E-state index >= 15 is 0 Å². The van der Waals surface area contributed by atoms with Gasteiger partial charge in [0.05, 0.1) is 15.5 Å². The quantitative estimate of drug-likeness (QED) is 0.470. The van der Waals surface area contributed by atoms with Crippen molar-refractivity contribution in [2.75, 3.05) is 5.32 Å². The summed E-state index contributed by atoms with van der Waals surface area (Å²) in [5.74, 6) is -0.327. The van der Waals surface area contributed by atoms with Gasteiger partial charge in [0, 0.05) is 36.6 Å². The Morgan fingerprint density at radius 1 is 0.935 bits per heavy atom. The summed E-state index contributed by atoms with van der Waals surface area (Å²) in [5.41, 5.74) is 1.94. The molecule has 0 spiro atoms. The first kappa shape index (κ1) is 20.2. The topological polar surface area (TPSA) is 94.0 Å². The number of rotatable bonds is 6. The van der Waals surface area contributed by atoms with Gasteiger partial charge in [-0.15, -0.1) is 0 Å². The molecule has 2 heterocycles. The minimum Gasteiger partial charge on any atom is -0.323 e. The van der Waals surface area contributed by atoms with Gasteiger partial charge in [-0.25, -0.2) is 13.1 Å². The number of pyridine rings is 1. The predicted octanol–water partition coefficient (Wildman–Crippen LogP) is 3.75. The molecule has 0 unspecified atom stereocenters. The van der Waals surface area contributed by atoms with E-state index in [1.54, 1.807) is 84.1 Å². The van der Waals surface area contributed by atoms with Gasteiger partial charge in [0.2, 0.25) is 15.7 Å². The molecule has 4 rings (SSSR count). The van der Waals surface area contributed by atoms with E-state index in [1.165, 1.54) is 18.2 Å². The minimum absolute atomic E-state index is 0.133. The number of hydrogen-bond donors (Lipinski definition) is 1. The predicted molar refractivity (Wildman–Crippen MR) is 117 cm³/mol. The molecule has 0 saturated heterocycles. The van der Waals surface area contributed by atoms with Gasteiger partial charge in [0.15, 0.2) is 0 Å². The fourth-order valence-electron chi connectivity index (χ4n) is 2.90. The van der Waals surface area contributed by atoms with Crippen molar-refractivity contribution in [2.45, 2.75) is 9.79 Å². The second-order valence-electron chi connectivity index (χ2n) is 6.58. The van der Waals surface area contributed by atoms with Gasteiger partial charge in [0.25, 0.3) is 0 Å². The molecule has 1 amide bonds. The number of nitrogens with one attached hydrogen (secondary N) is 1. The molecule has 0 aliphatic carbocycles. The molecule has 2 aromatic carbocycles. The maximum Gasteiger partial charge on any atom is 0.248 e. The molecular formula is C23H18N4O3S. The summed E-state index contributed by atoms with van der Waals surface area (Å²) in [6, 6.07) is 18.0. The van der Waals surface area contributed by atoms with Crippen LogP contribution < -0.4 is 5.32 Å². The van der Waals surface area contributed by atoms with Crippen molar-refractivity contribution in [3.05, 3.63) is 103 Å². The summed E-state index contributed by atoms with van der Waals surface area (Å²) in [6.45, 7) is 0. The molecule has 31 heavy (non-hydrogen) atoms. The fraction of sp³-hybridized carbons (Fsp3) is 0. The van der Waals surface area contributed by atoms with E-state index in [0.29, 0.717) is 11.4 Å². The summed E-state index contributed by atoms with van der Waals surface area (Å²) in [5, 5.41) is 6.83. The summed E-state index contributed by atoms with van der Waals surface area (Å²) < 4.78 is 27.6. The first-order valence-corrected chi connectivity index (χ1v) is 10.8. The Hall–Kier alpha value is -4.04. The Kier molecular flexibility index (Phi) is 5.72. The van der Waals surface area contributed by atoms with E-state index in [9.17, 15) is 13.2 Å². The Morgan fingerprint density at radius 3 is 2.48 bits per heavy atom. The van der Waals surface area contributed by atoms with Crippen molar-refractivity contribution in [2.24, 2.45) is 0 Å². The zero-order valence-electron chi connectivity index (χ0n) is 16.3. The minimum atomic E-state index is -3.72. The number of sulfone groups is 1. The molecule has 0 saturated carbocycles. The lowest BCUT2D eigenvalue weighted by Crippen LogP contribution is -2.08. The molecule has 2 aromatic heterocycles. The van der Waals surface area contributed by atoms with Crippen molar-refractivity contribution in [1.82, 2.24) is 14.8 Å². The monoisotopic (exact) mass is 430 g/mol. The first-order valence-electron chi connectivity index (χ1n) is 9.37. The third-order valence-electron chi connectivity index (χ3n) is 4.44. The Morgan fingerprint density at radius 2 is 1.77 bits per heavy atom. The van der Waals surface area contributed by atoms with Crippen molar-refractivity contribution in [3.8, 4) is 5.69 Å². The summed E-state index contributed by atoms with van der Waals surface area (Å²) >= 11 is 0. The van der Waals surface area contributed by atoms with Crippen molar-refractivity contribution >= 4 is 27.5 Å². The molecule has 0 fully saturated rings. The Bertz CT molecular complexity index is 1320. The average Bonchev–Trinajstić information content (AvgIpc) is 3.34. The molecule has 0 aliphatic heterocycles. The highest BCUT2D eigenvalue weighted by atomic mass is 32.2. The van der Waals surface area contributed by atoms with Crippen LogP contribution in [0, 0.1) is 0 Å². The average molecular weight is 430 g/mol. The third-order valence-corrected chi connectivity index (χ3v) is 6.21. The summed E-state index contributed by atoms with van der Waals surface area (Å²) in [7, 11) is -3.72. The molecule has 4 aromatic rings. The van der Waals surface area contributed by atoms with Crippen molar-refractivity contribution in [3.63, 3.8) is 0 Å². The van der Waals surface area contributed by atoms with Crippen LogP contribution in [-0.4, -0.2) is 29.1 Å². The summed E-state index contributed by atoms with van der Waals surface area (Å²) in [4.78, 5) is 16.4. The number of carbonyl (C=O) groups excluding carboxylic acids is 1. The zero-order valence-corrected chi connectivity index (χ0v) is 17.1. The van der Waals surface area contributed by atoms with E-state index in [1.807, 2.05) is 6.07 Å². The lowest BCUT2D eigenvalue weighted by molar-refractivity contribution is -0.111. The second-order valence-corrected chi connectivity index (χ2v) is 8.53. The molecule has 1 N–H and O–H groups in total. The van der Waals surface area contributed by atoms with Crippen LogP contribution in [0.2, 0.25) is 0 Å². The Balaban J connectivity index is 1.49. The van der Waals surface area contributed by atoms with Crippen LogP contribution in [0.1, 0.15) is 5.56 Å². The Labute approximate surface area is 179 Å². The first-order chi connectivity index (χ1) is 15.0. The normalized spacial score (nSPS) is 11.5. The molecule has 0 aliphatic rings. The number of hydrogen-bond acceptors (Lipinski definition) is 5. The molecule has 0 radical (unpaired) electrons. The van der Waals surface area contributed by atoms with Gasteiger partial charge in [-0.2, -0.15) is 5.10 Å². The van der Waals surface area contributed by atoms with E-state index < -0.39 is 9.84 Å². The van der Waals surface area contributed by atoms with Crippen LogP contribution in [0.3, 0.4) is 0 Å². The van der Waals surface area contributed by atoms with E-state index in [4.69, 9.17) is 0 Å². The van der Waals surface area contributed by atoms with Gasteiger partial charge in [-0.05, 0) is 66.2 Å². The highest BCUT2D eigenvalue weighted by Crippen LogP contribution is 2.24. The second kappa shape index (κ2) is 8.76. The lowest BCUT2D eigenvalue weighted by atomic mass is 10.2. The molecule has 154 valence electrons. The van der Waals surface area contributed by atoms with Gasteiger partial charge >= 0.3 is 0 Å². The van der Waals surface area contributed by atoms with Crippen LogP contribution in [0.25, 0.3) is 11.8 Å². The van der Waals surface area contributed by atoms with Gasteiger partial charge in [-0.3, -0.25) is 9.78 Å². The number of anilines is 1. The number of aromatic nitrogens is 3. The lowest BCUT2D eigenvalue weighted by Gasteiger charge is -2.08. The number of amides is 1. The standard InChI is InChI=1S/C23H18N4O3S/c28-23(12-7-18-4-2-13-24-17-18)26-19-8-10-21(11-9-19)31(29,30)22-6-1-5-20(16-22)27-15-3-14-25-27/h1-17H,(H,26,28).